The first-order chi connectivity index (χ1) is 10.9. The Morgan fingerprint density at radius 3 is 2.74 bits per heavy atom. The molecule has 0 atom stereocenters. The number of para-hydroxylation sites is 1. The summed E-state index contributed by atoms with van der Waals surface area (Å²) in [5.41, 5.74) is 2.15. The Bertz CT molecular complexity index is 783. The highest BCUT2D eigenvalue weighted by Crippen LogP contribution is 2.40. The molecule has 2 aromatic rings. The van der Waals surface area contributed by atoms with Crippen LogP contribution in [0.25, 0.3) is 0 Å². The van der Waals surface area contributed by atoms with Crippen molar-refractivity contribution >= 4 is 23.3 Å². The minimum atomic E-state index is -0.613. The van der Waals surface area contributed by atoms with Crippen molar-refractivity contribution in [2.45, 2.75) is 26.2 Å². The number of benzene rings is 1. The lowest BCUT2D eigenvalue weighted by atomic mass is 9.86. The zero-order chi connectivity index (χ0) is 16.6. The molecule has 3 rings (SSSR count). The maximum absolute atomic E-state index is 12.7. The fourth-order valence-corrected chi connectivity index (χ4v) is 2.89. The van der Waals surface area contributed by atoms with Gasteiger partial charge in [-0.25, -0.2) is 4.98 Å². The van der Waals surface area contributed by atoms with Gasteiger partial charge in [0.1, 0.15) is 12.4 Å². The van der Waals surface area contributed by atoms with E-state index in [0.717, 1.165) is 16.8 Å². The van der Waals surface area contributed by atoms with Crippen LogP contribution in [0.2, 0.25) is 0 Å². The summed E-state index contributed by atoms with van der Waals surface area (Å²) >= 11 is 0. The van der Waals surface area contributed by atoms with Gasteiger partial charge in [-0.1, -0.05) is 18.2 Å². The second-order valence-corrected chi connectivity index (χ2v) is 6.30. The van der Waals surface area contributed by atoms with Crippen LogP contribution in [0.3, 0.4) is 0 Å². The summed E-state index contributed by atoms with van der Waals surface area (Å²) in [6.07, 6.45) is 1.64. The SMILES string of the molecule is Cc1ccnc(NC(=O)CN2C(=O)C(C)(C)c3ccccc32)c1. The number of aromatic nitrogens is 1. The molecule has 1 aromatic heterocycles. The molecule has 0 aliphatic carbocycles. The zero-order valence-corrected chi connectivity index (χ0v) is 13.5. The van der Waals surface area contributed by atoms with E-state index in [4.69, 9.17) is 0 Å². The number of fused-ring (bicyclic) bond motifs is 1. The van der Waals surface area contributed by atoms with Crippen molar-refractivity contribution in [2.75, 3.05) is 16.8 Å². The van der Waals surface area contributed by atoms with Gasteiger partial charge >= 0.3 is 0 Å². The lowest BCUT2D eigenvalue weighted by Crippen LogP contribution is -2.40. The van der Waals surface area contributed by atoms with Crippen LogP contribution >= 0.6 is 0 Å². The molecule has 0 saturated heterocycles. The van der Waals surface area contributed by atoms with Gasteiger partial charge in [0.25, 0.3) is 0 Å². The molecule has 23 heavy (non-hydrogen) atoms. The fraction of sp³-hybridized carbons (Fsp3) is 0.278. The third-order valence-electron chi connectivity index (χ3n) is 4.13. The average molecular weight is 309 g/mol. The smallest absolute Gasteiger partial charge is 0.245 e. The van der Waals surface area contributed by atoms with Crippen LogP contribution in [0.4, 0.5) is 11.5 Å². The Kier molecular flexibility index (Phi) is 3.64. The van der Waals surface area contributed by atoms with Crippen molar-refractivity contribution in [3.05, 3.63) is 53.7 Å². The van der Waals surface area contributed by atoms with Gasteiger partial charge in [-0.15, -0.1) is 0 Å². The summed E-state index contributed by atoms with van der Waals surface area (Å²) in [7, 11) is 0. The molecule has 1 aliphatic rings. The summed E-state index contributed by atoms with van der Waals surface area (Å²) < 4.78 is 0. The molecule has 118 valence electrons. The van der Waals surface area contributed by atoms with E-state index in [-0.39, 0.29) is 18.4 Å². The minimum Gasteiger partial charge on any atom is -0.309 e. The molecule has 5 heteroatoms. The number of rotatable bonds is 3. The molecule has 1 N–H and O–H groups in total. The molecule has 0 saturated carbocycles. The summed E-state index contributed by atoms with van der Waals surface area (Å²) in [6.45, 7) is 5.68. The highest BCUT2D eigenvalue weighted by atomic mass is 16.2. The maximum Gasteiger partial charge on any atom is 0.245 e. The molecule has 0 spiro atoms. The van der Waals surface area contributed by atoms with E-state index >= 15 is 0 Å². The summed E-state index contributed by atoms with van der Waals surface area (Å²) in [6, 6.07) is 11.3. The lowest BCUT2D eigenvalue weighted by molar-refractivity contribution is -0.124. The van der Waals surface area contributed by atoms with Gasteiger partial charge in [-0.3, -0.25) is 9.59 Å². The van der Waals surface area contributed by atoms with Gasteiger partial charge in [-0.2, -0.15) is 0 Å². The van der Waals surface area contributed by atoms with Gasteiger partial charge in [0, 0.05) is 11.9 Å². The molecule has 0 fully saturated rings. The molecule has 0 unspecified atom stereocenters. The predicted molar refractivity (Wildman–Crippen MR) is 89.4 cm³/mol. The van der Waals surface area contributed by atoms with E-state index in [1.54, 1.807) is 17.2 Å². The van der Waals surface area contributed by atoms with Gasteiger partial charge in [0.05, 0.1) is 5.41 Å². The molecule has 1 aromatic carbocycles. The second kappa shape index (κ2) is 5.50. The topological polar surface area (TPSA) is 62.3 Å². The summed E-state index contributed by atoms with van der Waals surface area (Å²) in [4.78, 5) is 30.6. The van der Waals surface area contributed by atoms with Crippen LogP contribution in [0, 0.1) is 6.92 Å². The van der Waals surface area contributed by atoms with E-state index < -0.39 is 5.41 Å². The standard InChI is InChI=1S/C18H19N3O2/c1-12-8-9-19-15(10-12)20-16(22)11-21-14-7-5-4-6-13(14)18(2,3)17(21)23/h4-10H,11H2,1-3H3,(H,19,20,22). The second-order valence-electron chi connectivity index (χ2n) is 6.30. The molecule has 0 bridgehead atoms. The monoisotopic (exact) mass is 309 g/mol. The van der Waals surface area contributed by atoms with Crippen LogP contribution in [0.15, 0.2) is 42.6 Å². The van der Waals surface area contributed by atoms with Crippen molar-refractivity contribution in [3.8, 4) is 0 Å². The fourth-order valence-electron chi connectivity index (χ4n) is 2.89. The highest BCUT2D eigenvalue weighted by molar-refractivity contribution is 6.11. The van der Waals surface area contributed by atoms with Gasteiger partial charge in [0.2, 0.25) is 11.8 Å². The number of amides is 2. The van der Waals surface area contributed by atoms with Gasteiger partial charge < -0.3 is 10.2 Å². The van der Waals surface area contributed by atoms with Gasteiger partial charge in [-0.05, 0) is 50.1 Å². The quantitative estimate of drug-likeness (QED) is 0.948. The van der Waals surface area contributed by atoms with E-state index in [9.17, 15) is 9.59 Å². The minimum absolute atomic E-state index is 0.0189. The Labute approximate surface area is 135 Å². The summed E-state index contributed by atoms with van der Waals surface area (Å²) in [5.74, 6) is 0.171. The summed E-state index contributed by atoms with van der Waals surface area (Å²) in [5, 5.41) is 2.74. The number of carbonyl (C=O) groups excluding carboxylic acids is 2. The third kappa shape index (κ3) is 2.70. The van der Waals surface area contributed by atoms with E-state index in [1.165, 1.54) is 0 Å². The van der Waals surface area contributed by atoms with Crippen LogP contribution < -0.4 is 10.2 Å². The number of aryl methyl sites for hydroxylation is 1. The zero-order valence-electron chi connectivity index (χ0n) is 13.5. The first-order valence-electron chi connectivity index (χ1n) is 7.53. The molecular formula is C18H19N3O2. The van der Waals surface area contributed by atoms with Crippen LogP contribution in [0.5, 0.6) is 0 Å². The van der Waals surface area contributed by atoms with E-state index in [2.05, 4.69) is 10.3 Å². The van der Waals surface area contributed by atoms with Crippen molar-refractivity contribution in [1.29, 1.82) is 0 Å². The van der Waals surface area contributed by atoms with Crippen LogP contribution in [-0.2, 0) is 15.0 Å². The number of hydrogen-bond acceptors (Lipinski definition) is 3. The molecule has 2 amide bonds. The van der Waals surface area contributed by atoms with Crippen LogP contribution in [-0.4, -0.2) is 23.3 Å². The van der Waals surface area contributed by atoms with Gasteiger partial charge in [0.15, 0.2) is 0 Å². The molecule has 2 heterocycles. The Hall–Kier alpha value is -2.69. The Balaban J connectivity index is 1.80. The third-order valence-corrected chi connectivity index (χ3v) is 4.13. The number of carbonyl (C=O) groups is 2. The highest BCUT2D eigenvalue weighted by Gasteiger charge is 2.44. The number of anilines is 2. The molecule has 1 aliphatic heterocycles. The normalized spacial score (nSPS) is 15.4. The Morgan fingerprint density at radius 2 is 2.00 bits per heavy atom. The van der Waals surface area contributed by atoms with E-state index in [0.29, 0.717) is 5.82 Å². The molecular weight excluding hydrogens is 290 g/mol. The number of nitrogens with one attached hydrogen (secondary N) is 1. The van der Waals surface area contributed by atoms with Crippen molar-refractivity contribution in [2.24, 2.45) is 0 Å². The lowest BCUT2D eigenvalue weighted by Gasteiger charge is -2.20. The maximum atomic E-state index is 12.7. The average Bonchev–Trinajstić information content (AvgIpc) is 2.69. The molecule has 5 nitrogen and oxygen atoms in total. The molecule has 0 radical (unpaired) electrons. The number of pyridine rings is 1. The van der Waals surface area contributed by atoms with Crippen LogP contribution in [0.1, 0.15) is 25.0 Å². The van der Waals surface area contributed by atoms with Crippen molar-refractivity contribution < 1.29 is 9.59 Å². The number of hydrogen-bond donors (Lipinski definition) is 1. The Morgan fingerprint density at radius 1 is 1.26 bits per heavy atom. The largest absolute Gasteiger partial charge is 0.309 e. The first kappa shape index (κ1) is 15.2. The van der Waals surface area contributed by atoms with E-state index in [1.807, 2.05) is 51.1 Å². The number of nitrogens with zero attached hydrogens (tertiary/aromatic N) is 2. The predicted octanol–water partition coefficient (Wildman–Crippen LogP) is 2.65. The first-order valence-corrected chi connectivity index (χ1v) is 7.53. The van der Waals surface area contributed by atoms with Crippen molar-refractivity contribution in [3.63, 3.8) is 0 Å². The van der Waals surface area contributed by atoms with Crippen molar-refractivity contribution in [1.82, 2.24) is 4.98 Å².